The number of rotatable bonds is 4. The van der Waals surface area contributed by atoms with E-state index < -0.39 is 5.91 Å². The van der Waals surface area contributed by atoms with Gasteiger partial charge in [-0.3, -0.25) is 9.89 Å². The fourth-order valence-electron chi connectivity index (χ4n) is 1.48. The first-order chi connectivity index (χ1) is 9.08. The maximum Gasteiger partial charge on any atom is 0.255 e. The molecule has 0 atom stereocenters. The lowest BCUT2D eigenvalue weighted by Crippen LogP contribution is -2.26. The number of halogens is 2. The molecular weight excluding hydrogens is 336 g/mol. The number of benzene rings is 1. The lowest BCUT2D eigenvalue weighted by Gasteiger charge is -2.08. The van der Waals surface area contributed by atoms with E-state index in [1.54, 1.807) is 0 Å². The molecule has 2 aromatic rings. The van der Waals surface area contributed by atoms with Crippen molar-refractivity contribution in [1.82, 2.24) is 20.5 Å². The Morgan fingerprint density at radius 1 is 1.53 bits per heavy atom. The van der Waals surface area contributed by atoms with Crippen molar-refractivity contribution in [3.8, 4) is 5.75 Å². The monoisotopic (exact) mass is 344 g/mol. The highest BCUT2D eigenvalue weighted by molar-refractivity contribution is 9.10. The SMILES string of the molecule is O=C(NCCc1ncn[nH]1)c1cc(Cl)cc(Br)c1O. The standard InChI is InChI=1S/C11H10BrClN4O2/c12-8-4-6(13)3-7(10(8)18)11(19)14-2-1-9-15-5-16-17-9/h3-5,18H,1-2H2,(H,14,19)(H,15,16,17). The molecule has 0 unspecified atom stereocenters. The van der Waals surface area contributed by atoms with Gasteiger partial charge in [0.25, 0.3) is 5.91 Å². The second-order valence-electron chi connectivity index (χ2n) is 3.72. The number of aromatic nitrogens is 3. The van der Waals surface area contributed by atoms with Gasteiger partial charge in [0, 0.05) is 18.0 Å². The van der Waals surface area contributed by atoms with E-state index in [9.17, 15) is 9.90 Å². The predicted octanol–water partition coefficient (Wildman–Crippen LogP) is 1.90. The van der Waals surface area contributed by atoms with Crippen molar-refractivity contribution in [2.24, 2.45) is 0 Å². The molecule has 0 saturated carbocycles. The molecule has 19 heavy (non-hydrogen) atoms. The number of hydrogen-bond acceptors (Lipinski definition) is 4. The third kappa shape index (κ3) is 3.45. The van der Waals surface area contributed by atoms with Crippen molar-refractivity contribution in [1.29, 1.82) is 0 Å². The Morgan fingerprint density at radius 2 is 2.32 bits per heavy atom. The summed E-state index contributed by atoms with van der Waals surface area (Å²) in [5, 5.41) is 19.2. The van der Waals surface area contributed by atoms with E-state index in [0.29, 0.717) is 28.3 Å². The summed E-state index contributed by atoms with van der Waals surface area (Å²) in [6.07, 6.45) is 1.92. The second kappa shape index (κ2) is 6.03. The van der Waals surface area contributed by atoms with Gasteiger partial charge < -0.3 is 10.4 Å². The first-order valence-electron chi connectivity index (χ1n) is 5.38. The second-order valence-corrected chi connectivity index (χ2v) is 5.01. The number of carbonyl (C=O) groups is 1. The third-order valence-corrected chi connectivity index (χ3v) is 3.21. The Balaban J connectivity index is 2.00. The van der Waals surface area contributed by atoms with Crippen LogP contribution >= 0.6 is 27.5 Å². The molecule has 0 aliphatic carbocycles. The van der Waals surface area contributed by atoms with Gasteiger partial charge in [0.15, 0.2) is 0 Å². The zero-order chi connectivity index (χ0) is 13.8. The van der Waals surface area contributed by atoms with Crippen molar-refractivity contribution in [3.63, 3.8) is 0 Å². The molecule has 0 saturated heterocycles. The maximum atomic E-state index is 11.9. The molecule has 0 radical (unpaired) electrons. The minimum atomic E-state index is -0.403. The third-order valence-electron chi connectivity index (χ3n) is 2.39. The van der Waals surface area contributed by atoms with Crippen LogP contribution in [0, 0.1) is 0 Å². The van der Waals surface area contributed by atoms with Gasteiger partial charge in [0.2, 0.25) is 0 Å². The van der Waals surface area contributed by atoms with E-state index in [1.165, 1.54) is 18.5 Å². The molecular formula is C11H10BrClN4O2. The number of nitrogens with zero attached hydrogens (tertiary/aromatic N) is 2. The van der Waals surface area contributed by atoms with Crippen LogP contribution in [0.5, 0.6) is 5.75 Å². The molecule has 2 rings (SSSR count). The number of phenols is 1. The average molecular weight is 346 g/mol. The number of H-pyrrole nitrogens is 1. The van der Waals surface area contributed by atoms with Gasteiger partial charge in [0.05, 0.1) is 10.0 Å². The largest absolute Gasteiger partial charge is 0.506 e. The van der Waals surface area contributed by atoms with Gasteiger partial charge >= 0.3 is 0 Å². The lowest BCUT2D eigenvalue weighted by molar-refractivity contribution is 0.0951. The molecule has 1 aromatic carbocycles. The van der Waals surface area contributed by atoms with Crippen molar-refractivity contribution in [2.75, 3.05) is 6.54 Å². The van der Waals surface area contributed by atoms with Gasteiger partial charge in [0.1, 0.15) is 17.9 Å². The van der Waals surface area contributed by atoms with Crippen molar-refractivity contribution < 1.29 is 9.90 Å². The zero-order valence-electron chi connectivity index (χ0n) is 9.65. The van der Waals surface area contributed by atoms with Crippen molar-refractivity contribution in [3.05, 3.63) is 39.3 Å². The number of aromatic amines is 1. The smallest absolute Gasteiger partial charge is 0.255 e. The lowest BCUT2D eigenvalue weighted by atomic mass is 10.2. The highest BCUT2D eigenvalue weighted by Crippen LogP contribution is 2.31. The number of carbonyl (C=O) groups excluding carboxylic acids is 1. The topological polar surface area (TPSA) is 90.9 Å². The Morgan fingerprint density at radius 3 is 3.00 bits per heavy atom. The Kier molecular flexibility index (Phi) is 4.39. The molecule has 1 aromatic heterocycles. The quantitative estimate of drug-likeness (QED) is 0.789. The molecule has 0 fully saturated rings. The number of phenolic OH excluding ortho intramolecular Hbond substituents is 1. The van der Waals surface area contributed by atoms with Crippen LogP contribution in [0.4, 0.5) is 0 Å². The van der Waals surface area contributed by atoms with E-state index in [2.05, 4.69) is 36.4 Å². The normalized spacial score (nSPS) is 10.4. The molecule has 1 amide bonds. The number of aromatic hydroxyl groups is 1. The Hall–Kier alpha value is -1.60. The fraction of sp³-hybridized carbons (Fsp3) is 0.182. The first-order valence-corrected chi connectivity index (χ1v) is 6.55. The summed E-state index contributed by atoms with van der Waals surface area (Å²) in [5.41, 5.74) is 0.122. The molecule has 0 aliphatic rings. The van der Waals surface area contributed by atoms with E-state index in [1.807, 2.05) is 0 Å². The molecule has 100 valence electrons. The van der Waals surface area contributed by atoms with Crippen LogP contribution < -0.4 is 5.32 Å². The summed E-state index contributed by atoms with van der Waals surface area (Å²) in [6.45, 7) is 0.373. The highest BCUT2D eigenvalue weighted by Gasteiger charge is 2.14. The summed E-state index contributed by atoms with van der Waals surface area (Å²) >= 11 is 8.96. The summed E-state index contributed by atoms with van der Waals surface area (Å²) in [4.78, 5) is 15.8. The molecule has 8 heteroatoms. The van der Waals surface area contributed by atoms with E-state index in [4.69, 9.17) is 11.6 Å². The minimum Gasteiger partial charge on any atom is -0.506 e. The first kappa shape index (κ1) is 13.8. The van der Waals surface area contributed by atoms with Gasteiger partial charge in [-0.25, -0.2) is 4.98 Å². The number of hydrogen-bond donors (Lipinski definition) is 3. The Labute approximate surface area is 122 Å². The van der Waals surface area contributed by atoms with Crippen LogP contribution in [-0.4, -0.2) is 32.7 Å². The van der Waals surface area contributed by atoms with Gasteiger partial charge in [-0.05, 0) is 28.1 Å². The summed E-state index contributed by atoms with van der Waals surface area (Å²) in [5.74, 6) is 0.138. The predicted molar refractivity (Wildman–Crippen MR) is 73.2 cm³/mol. The molecule has 0 aliphatic heterocycles. The van der Waals surface area contributed by atoms with Gasteiger partial charge in [-0.1, -0.05) is 11.6 Å². The van der Waals surface area contributed by atoms with Crippen molar-refractivity contribution in [2.45, 2.75) is 6.42 Å². The van der Waals surface area contributed by atoms with Crippen LogP contribution in [0.25, 0.3) is 0 Å². The minimum absolute atomic E-state index is 0.122. The summed E-state index contributed by atoms with van der Waals surface area (Å²) < 4.78 is 0.375. The Bertz CT molecular complexity index is 589. The molecule has 0 spiro atoms. The fourth-order valence-corrected chi connectivity index (χ4v) is 2.29. The van der Waals surface area contributed by atoms with Gasteiger partial charge in [-0.2, -0.15) is 5.10 Å². The zero-order valence-corrected chi connectivity index (χ0v) is 12.0. The number of nitrogens with one attached hydrogen (secondary N) is 2. The van der Waals surface area contributed by atoms with E-state index in [-0.39, 0.29) is 11.3 Å². The van der Waals surface area contributed by atoms with E-state index in [0.717, 1.165) is 0 Å². The summed E-state index contributed by atoms with van der Waals surface area (Å²) in [6, 6.07) is 2.92. The molecule has 3 N–H and O–H groups in total. The van der Waals surface area contributed by atoms with Crippen LogP contribution in [0.3, 0.4) is 0 Å². The van der Waals surface area contributed by atoms with E-state index >= 15 is 0 Å². The maximum absolute atomic E-state index is 11.9. The highest BCUT2D eigenvalue weighted by atomic mass is 79.9. The average Bonchev–Trinajstić information content (AvgIpc) is 2.86. The number of amides is 1. The van der Waals surface area contributed by atoms with Crippen molar-refractivity contribution >= 4 is 33.4 Å². The summed E-state index contributed by atoms with van der Waals surface area (Å²) in [7, 11) is 0. The van der Waals surface area contributed by atoms with Crippen LogP contribution in [0.1, 0.15) is 16.2 Å². The van der Waals surface area contributed by atoms with Gasteiger partial charge in [-0.15, -0.1) is 0 Å². The van der Waals surface area contributed by atoms with Crippen LogP contribution in [0.15, 0.2) is 22.9 Å². The molecule has 6 nitrogen and oxygen atoms in total. The van der Waals surface area contributed by atoms with Crippen LogP contribution in [0.2, 0.25) is 5.02 Å². The van der Waals surface area contributed by atoms with Crippen LogP contribution in [-0.2, 0) is 6.42 Å². The molecule has 0 bridgehead atoms. The molecule has 1 heterocycles.